The van der Waals surface area contributed by atoms with Gasteiger partial charge >= 0.3 is 0 Å². The van der Waals surface area contributed by atoms with Crippen LogP contribution in [0.3, 0.4) is 0 Å². The minimum Gasteiger partial charge on any atom is -0.398 e. The molecule has 84 valence electrons. The summed E-state index contributed by atoms with van der Waals surface area (Å²) in [6, 6.07) is 5.37. The number of benzene rings is 1. The van der Waals surface area contributed by atoms with Gasteiger partial charge in [-0.1, -0.05) is 31.0 Å². The fraction of sp³-hybridized carbons (Fsp3) is 0.455. The first-order valence-electron chi connectivity index (χ1n) is 5.03. The van der Waals surface area contributed by atoms with Crippen molar-refractivity contribution in [2.45, 2.75) is 25.5 Å². The molecule has 0 saturated carbocycles. The molecule has 0 saturated heterocycles. The maximum atomic E-state index is 11.7. The highest BCUT2D eigenvalue weighted by atomic mass is 35.5. The quantitative estimate of drug-likeness (QED) is 0.811. The zero-order valence-corrected chi connectivity index (χ0v) is 10.4. The molecule has 0 heterocycles. The van der Waals surface area contributed by atoms with Crippen LogP contribution in [-0.4, -0.2) is 9.96 Å². The Hall–Kier alpha value is -0.540. The summed E-state index contributed by atoms with van der Waals surface area (Å²) in [4.78, 5) is 0. The van der Waals surface area contributed by atoms with Gasteiger partial charge in [0.05, 0.1) is 5.75 Å². The van der Waals surface area contributed by atoms with Crippen molar-refractivity contribution in [2.24, 2.45) is 0 Å². The molecule has 1 aromatic carbocycles. The molecule has 2 nitrogen and oxygen atoms in total. The number of hydrogen-bond acceptors (Lipinski definition) is 2. The number of rotatable bonds is 5. The van der Waals surface area contributed by atoms with Gasteiger partial charge in [-0.3, -0.25) is 4.21 Å². The molecule has 4 heteroatoms. The standard InChI is InChI=1S/C11H16ClNOS/c1-2-3-7-15(14)8-9-10(12)5-4-6-11(9)13/h4-6H,2-3,7-8,13H2,1H3. The largest absolute Gasteiger partial charge is 0.398 e. The first-order chi connectivity index (χ1) is 7.15. The first kappa shape index (κ1) is 12.5. The Morgan fingerprint density at radius 2 is 2.20 bits per heavy atom. The molecule has 2 N–H and O–H groups in total. The molecule has 0 fully saturated rings. The van der Waals surface area contributed by atoms with E-state index in [1.165, 1.54) is 0 Å². The van der Waals surface area contributed by atoms with Gasteiger partial charge in [0.25, 0.3) is 0 Å². The Balaban J connectivity index is 2.68. The van der Waals surface area contributed by atoms with Crippen molar-refractivity contribution in [1.82, 2.24) is 0 Å². The first-order valence-corrected chi connectivity index (χ1v) is 6.89. The van der Waals surface area contributed by atoms with Crippen molar-refractivity contribution in [1.29, 1.82) is 0 Å². The van der Waals surface area contributed by atoms with Crippen LogP contribution in [0.4, 0.5) is 5.69 Å². The van der Waals surface area contributed by atoms with Crippen LogP contribution in [0.15, 0.2) is 18.2 Å². The highest BCUT2D eigenvalue weighted by Crippen LogP contribution is 2.23. The maximum absolute atomic E-state index is 11.7. The number of anilines is 1. The molecule has 0 radical (unpaired) electrons. The molecule has 1 aromatic rings. The van der Waals surface area contributed by atoms with Crippen molar-refractivity contribution in [3.63, 3.8) is 0 Å². The molecule has 0 spiro atoms. The second-order valence-corrected chi connectivity index (χ2v) is 5.43. The van der Waals surface area contributed by atoms with E-state index in [-0.39, 0.29) is 0 Å². The van der Waals surface area contributed by atoms with Crippen LogP contribution in [0, 0.1) is 0 Å². The molecule has 0 amide bonds. The predicted octanol–water partition coefficient (Wildman–Crippen LogP) is 2.97. The van der Waals surface area contributed by atoms with E-state index < -0.39 is 10.8 Å². The van der Waals surface area contributed by atoms with Gasteiger partial charge in [-0.25, -0.2) is 0 Å². The summed E-state index contributed by atoms with van der Waals surface area (Å²) in [6.07, 6.45) is 2.04. The number of halogens is 1. The van der Waals surface area contributed by atoms with E-state index in [0.29, 0.717) is 16.5 Å². The predicted molar refractivity (Wildman–Crippen MR) is 67.5 cm³/mol. The van der Waals surface area contributed by atoms with Crippen molar-refractivity contribution < 1.29 is 4.21 Å². The van der Waals surface area contributed by atoms with Crippen molar-refractivity contribution in [3.8, 4) is 0 Å². The van der Waals surface area contributed by atoms with Gasteiger partial charge in [-0.15, -0.1) is 0 Å². The molecular formula is C11H16ClNOS. The Bertz CT molecular complexity index is 334. The van der Waals surface area contributed by atoms with E-state index in [4.69, 9.17) is 17.3 Å². The molecule has 0 aliphatic rings. The summed E-state index contributed by atoms with van der Waals surface area (Å²) in [6.45, 7) is 2.08. The number of hydrogen-bond donors (Lipinski definition) is 1. The zero-order valence-electron chi connectivity index (χ0n) is 8.83. The van der Waals surface area contributed by atoms with Crippen LogP contribution in [0.25, 0.3) is 0 Å². The van der Waals surface area contributed by atoms with Gasteiger partial charge in [0.2, 0.25) is 0 Å². The molecule has 1 rings (SSSR count). The fourth-order valence-corrected chi connectivity index (χ4v) is 2.99. The summed E-state index contributed by atoms with van der Waals surface area (Å²) in [7, 11) is -0.856. The monoisotopic (exact) mass is 245 g/mol. The van der Waals surface area contributed by atoms with E-state index in [1.54, 1.807) is 18.2 Å². The van der Waals surface area contributed by atoms with Gasteiger partial charge in [-0.2, -0.15) is 0 Å². The van der Waals surface area contributed by atoms with Crippen LogP contribution < -0.4 is 5.73 Å². The lowest BCUT2D eigenvalue weighted by molar-refractivity contribution is 0.679. The third kappa shape index (κ3) is 3.84. The second-order valence-electron chi connectivity index (χ2n) is 3.45. The maximum Gasteiger partial charge on any atom is 0.0520 e. The van der Waals surface area contributed by atoms with E-state index in [2.05, 4.69) is 6.92 Å². The molecule has 0 aliphatic heterocycles. The van der Waals surface area contributed by atoms with Crippen LogP contribution in [0.1, 0.15) is 25.3 Å². The van der Waals surface area contributed by atoms with Gasteiger partial charge in [-0.05, 0) is 18.6 Å². The number of nitrogens with two attached hydrogens (primary N) is 1. The molecule has 1 unspecified atom stereocenters. The highest BCUT2D eigenvalue weighted by Gasteiger charge is 2.08. The van der Waals surface area contributed by atoms with Crippen molar-refractivity contribution >= 4 is 28.1 Å². The van der Waals surface area contributed by atoms with Gasteiger partial charge < -0.3 is 5.73 Å². The van der Waals surface area contributed by atoms with Gasteiger partial charge in [0.1, 0.15) is 0 Å². The molecule has 0 aromatic heterocycles. The minimum absolute atomic E-state index is 0.464. The normalized spacial score (nSPS) is 12.7. The topological polar surface area (TPSA) is 43.1 Å². The van der Waals surface area contributed by atoms with Crippen LogP contribution in [-0.2, 0) is 16.6 Å². The SMILES string of the molecule is CCCCS(=O)Cc1c(N)cccc1Cl. The third-order valence-electron chi connectivity index (χ3n) is 2.19. The Labute approximate surface area is 98.3 Å². The summed E-state index contributed by atoms with van der Waals surface area (Å²) in [5, 5.41) is 0.611. The number of nitrogen functional groups attached to an aromatic ring is 1. The average molecular weight is 246 g/mol. The van der Waals surface area contributed by atoms with Crippen LogP contribution in [0.5, 0.6) is 0 Å². The summed E-state index contributed by atoms with van der Waals surface area (Å²) in [5.74, 6) is 1.19. The molecule has 0 aliphatic carbocycles. The van der Waals surface area contributed by atoms with Gasteiger partial charge in [0.15, 0.2) is 0 Å². The summed E-state index contributed by atoms with van der Waals surface area (Å²) < 4.78 is 11.7. The molecule has 0 bridgehead atoms. The molecular weight excluding hydrogens is 230 g/mol. The Morgan fingerprint density at radius 3 is 2.80 bits per heavy atom. The zero-order chi connectivity index (χ0) is 11.3. The molecule has 15 heavy (non-hydrogen) atoms. The lowest BCUT2D eigenvalue weighted by Gasteiger charge is -2.07. The van der Waals surface area contributed by atoms with E-state index in [1.807, 2.05) is 0 Å². The Kier molecular flexibility index (Phi) is 5.12. The lowest BCUT2D eigenvalue weighted by atomic mass is 10.2. The Morgan fingerprint density at radius 1 is 1.47 bits per heavy atom. The number of unbranched alkanes of at least 4 members (excludes halogenated alkanes) is 1. The van der Waals surface area contributed by atoms with E-state index >= 15 is 0 Å². The average Bonchev–Trinajstić information content (AvgIpc) is 2.21. The second kappa shape index (κ2) is 6.13. The highest BCUT2D eigenvalue weighted by molar-refractivity contribution is 7.84. The van der Waals surface area contributed by atoms with Crippen LogP contribution >= 0.6 is 11.6 Å². The minimum atomic E-state index is -0.856. The smallest absolute Gasteiger partial charge is 0.0520 e. The van der Waals surface area contributed by atoms with Gasteiger partial charge in [0, 0.05) is 32.8 Å². The summed E-state index contributed by atoms with van der Waals surface area (Å²) >= 11 is 5.99. The van der Waals surface area contributed by atoms with Crippen LogP contribution in [0.2, 0.25) is 5.02 Å². The third-order valence-corrected chi connectivity index (χ3v) is 3.89. The molecule has 1 atom stereocenters. The fourth-order valence-electron chi connectivity index (χ4n) is 1.27. The lowest BCUT2D eigenvalue weighted by Crippen LogP contribution is -2.04. The summed E-state index contributed by atoms with van der Waals surface area (Å²) in [5.41, 5.74) is 7.22. The van der Waals surface area contributed by atoms with E-state index in [0.717, 1.165) is 24.2 Å². The van der Waals surface area contributed by atoms with Crippen molar-refractivity contribution in [3.05, 3.63) is 28.8 Å². The van der Waals surface area contributed by atoms with E-state index in [9.17, 15) is 4.21 Å². The van der Waals surface area contributed by atoms with Crippen molar-refractivity contribution in [2.75, 3.05) is 11.5 Å².